The van der Waals surface area contributed by atoms with Crippen LogP contribution in [0.1, 0.15) is 37.3 Å². The molecule has 2 atom stereocenters. The van der Waals surface area contributed by atoms with E-state index in [0.29, 0.717) is 12.5 Å². The highest BCUT2D eigenvalue weighted by molar-refractivity contribution is 14.0. The number of hydrogen-bond acceptors (Lipinski definition) is 3. The summed E-state index contributed by atoms with van der Waals surface area (Å²) in [6.07, 6.45) is -1.01. The van der Waals surface area contributed by atoms with Crippen LogP contribution in [-0.2, 0) is 0 Å². The van der Waals surface area contributed by atoms with Gasteiger partial charge in [-0.3, -0.25) is 4.99 Å². The largest absolute Gasteiger partial charge is 0.459 e. The van der Waals surface area contributed by atoms with E-state index < -0.39 is 11.9 Å². The van der Waals surface area contributed by atoms with Gasteiger partial charge in [0.25, 0.3) is 0 Å². The highest BCUT2D eigenvalue weighted by Gasteiger charge is 2.15. The summed E-state index contributed by atoms with van der Waals surface area (Å²) < 4.78 is 19.7. The van der Waals surface area contributed by atoms with Gasteiger partial charge in [0.05, 0.1) is 12.6 Å². The van der Waals surface area contributed by atoms with Crippen LogP contribution in [0, 0.1) is 5.82 Å². The van der Waals surface area contributed by atoms with Gasteiger partial charge < -0.3 is 20.2 Å². The second-order valence-corrected chi connectivity index (χ2v) is 6.31. The van der Waals surface area contributed by atoms with Gasteiger partial charge in [0.2, 0.25) is 0 Å². The van der Waals surface area contributed by atoms with Crippen molar-refractivity contribution in [2.75, 3.05) is 13.1 Å². The Morgan fingerprint density at radius 2 is 1.89 bits per heavy atom. The summed E-state index contributed by atoms with van der Waals surface area (Å²) >= 11 is 0. The van der Waals surface area contributed by atoms with Crippen LogP contribution >= 0.6 is 24.0 Å². The summed E-state index contributed by atoms with van der Waals surface area (Å²) in [6.45, 7) is 4.63. The van der Waals surface area contributed by atoms with Crippen molar-refractivity contribution in [1.29, 1.82) is 0 Å². The van der Waals surface area contributed by atoms with Gasteiger partial charge in [-0.25, -0.2) is 4.39 Å². The average Bonchev–Trinajstić information content (AvgIpc) is 3.11. The van der Waals surface area contributed by atoms with Crippen molar-refractivity contribution in [2.45, 2.75) is 26.0 Å². The monoisotopic (exact) mass is 497 g/mol. The molecule has 3 N–H and O–H groups in total. The molecule has 0 saturated heterocycles. The number of hydrogen-bond donors (Lipinski definition) is 3. The third-order valence-electron chi connectivity index (χ3n) is 4.26. The Kier molecular flexibility index (Phi) is 8.25. The highest BCUT2D eigenvalue weighted by atomic mass is 127. The zero-order valence-electron chi connectivity index (χ0n) is 15.9. The van der Waals surface area contributed by atoms with E-state index in [1.165, 1.54) is 6.07 Å². The highest BCUT2D eigenvalue weighted by Crippen LogP contribution is 2.23. The number of nitrogens with one attached hydrogen (secondary N) is 2. The molecule has 5 nitrogen and oxygen atoms in total. The van der Waals surface area contributed by atoms with Crippen LogP contribution in [0.2, 0.25) is 0 Å². The van der Waals surface area contributed by atoms with Gasteiger partial charge >= 0.3 is 0 Å². The first kappa shape index (κ1) is 22.2. The Morgan fingerprint density at radius 1 is 1.18 bits per heavy atom. The number of nitrogens with zero attached hydrogens (tertiary/aromatic N) is 1. The second kappa shape index (κ2) is 10.4. The van der Waals surface area contributed by atoms with Crippen molar-refractivity contribution in [2.24, 2.45) is 4.99 Å². The van der Waals surface area contributed by atoms with Crippen molar-refractivity contribution >= 4 is 40.9 Å². The van der Waals surface area contributed by atoms with E-state index in [2.05, 4.69) is 15.6 Å². The molecule has 0 bridgehead atoms. The lowest BCUT2D eigenvalue weighted by Gasteiger charge is -2.17. The molecule has 1 heterocycles. The molecular formula is C21H25FIN3O2. The molecule has 0 radical (unpaired) electrons. The molecule has 150 valence electrons. The third kappa shape index (κ3) is 5.45. The SMILES string of the molecule is CCNC(=NCC(O)c1ccccc1F)NC(C)c1cc2ccccc2o1.I. The quantitative estimate of drug-likeness (QED) is 0.266. The Bertz CT molecular complexity index is 896. The number of rotatable bonds is 6. The van der Waals surface area contributed by atoms with Crippen LogP contribution < -0.4 is 10.6 Å². The van der Waals surface area contributed by atoms with Crippen LogP contribution in [0.15, 0.2) is 64.0 Å². The maximum absolute atomic E-state index is 13.8. The van der Waals surface area contributed by atoms with Gasteiger partial charge in [-0.1, -0.05) is 36.4 Å². The van der Waals surface area contributed by atoms with E-state index in [-0.39, 0.29) is 42.1 Å². The van der Waals surface area contributed by atoms with Crippen LogP contribution in [0.4, 0.5) is 4.39 Å². The molecule has 3 aromatic rings. The maximum Gasteiger partial charge on any atom is 0.191 e. The molecule has 0 spiro atoms. The molecule has 2 aromatic carbocycles. The number of fused-ring (bicyclic) bond motifs is 1. The van der Waals surface area contributed by atoms with Crippen LogP contribution in [-0.4, -0.2) is 24.2 Å². The number of aliphatic imine (C=N–C) groups is 1. The number of halogens is 2. The van der Waals surface area contributed by atoms with Gasteiger partial charge in [0.1, 0.15) is 23.3 Å². The summed E-state index contributed by atoms with van der Waals surface area (Å²) in [5.41, 5.74) is 1.07. The summed E-state index contributed by atoms with van der Waals surface area (Å²) in [5.74, 6) is 0.881. The minimum atomic E-state index is -1.01. The van der Waals surface area contributed by atoms with Crippen molar-refractivity contribution in [3.8, 4) is 0 Å². The van der Waals surface area contributed by atoms with Crippen molar-refractivity contribution < 1.29 is 13.9 Å². The lowest BCUT2D eigenvalue weighted by atomic mass is 10.1. The second-order valence-electron chi connectivity index (χ2n) is 6.31. The maximum atomic E-state index is 13.8. The Hall–Kier alpha value is -2.13. The van der Waals surface area contributed by atoms with E-state index in [9.17, 15) is 9.50 Å². The molecule has 0 aliphatic heterocycles. The first-order valence-electron chi connectivity index (χ1n) is 9.04. The zero-order valence-corrected chi connectivity index (χ0v) is 18.2. The molecule has 2 unspecified atom stereocenters. The number of para-hydroxylation sites is 1. The lowest BCUT2D eigenvalue weighted by Crippen LogP contribution is -2.39. The first-order chi connectivity index (χ1) is 13.1. The fourth-order valence-electron chi connectivity index (χ4n) is 2.83. The molecule has 0 fully saturated rings. The lowest BCUT2D eigenvalue weighted by molar-refractivity contribution is 0.182. The minimum Gasteiger partial charge on any atom is -0.459 e. The first-order valence-corrected chi connectivity index (χ1v) is 9.04. The normalized spacial score (nSPS) is 13.6. The van der Waals surface area contributed by atoms with Gasteiger partial charge in [0.15, 0.2) is 5.96 Å². The fourth-order valence-corrected chi connectivity index (χ4v) is 2.83. The number of benzene rings is 2. The molecule has 0 amide bonds. The number of guanidine groups is 1. The Balaban J connectivity index is 0.00000280. The number of aliphatic hydroxyl groups excluding tert-OH is 1. The number of aliphatic hydroxyl groups is 1. The van der Waals surface area contributed by atoms with E-state index >= 15 is 0 Å². The fraction of sp³-hybridized carbons (Fsp3) is 0.286. The minimum absolute atomic E-state index is 0. The number of furan rings is 1. The molecule has 0 aliphatic rings. The average molecular weight is 497 g/mol. The van der Waals surface area contributed by atoms with Gasteiger partial charge in [-0.2, -0.15) is 0 Å². The zero-order chi connectivity index (χ0) is 19.2. The molecular weight excluding hydrogens is 472 g/mol. The Labute approximate surface area is 181 Å². The standard InChI is InChI=1S/C21H24FN3O2.HI/c1-3-23-21(24-13-18(26)16-9-5-6-10-17(16)22)25-14(2)20-12-15-8-4-7-11-19(15)27-20;/h4-12,14,18,26H,3,13H2,1-2H3,(H2,23,24,25);1H. The molecule has 1 aromatic heterocycles. The van der Waals surface area contributed by atoms with Crippen LogP contribution in [0.3, 0.4) is 0 Å². The van der Waals surface area contributed by atoms with E-state index in [4.69, 9.17) is 4.42 Å². The van der Waals surface area contributed by atoms with E-state index in [1.807, 2.05) is 44.2 Å². The van der Waals surface area contributed by atoms with Gasteiger partial charge in [-0.05, 0) is 32.0 Å². The molecule has 0 aliphatic carbocycles. The predicted molar refractivity (Wildman–Crippen MR) is 121 cm³/mol. The summed E-state index contributed by atoms with van der Waals surface area (Å²) in [7, 11) is 0. The smallest absolute Gasteiger partial charge is 0.191 e. The van der Waals surface area contributed by atoms with Crippen molar-refractivity contribution in [3.63, 3.8) is 0 Å². The predicted octanol–water partition coefficient (Wildman–Crippen LogP) is 4.54. The molecule has 28 heavy (non-hydrogen) atoms. The molecule has 3 rings (SSSR count). The van der Waals surface area contributed by atoms with Gasteiger partial charge in [0, 0.05) is 17.5 Å². The van der Waals surface area contributed by atoms with Crippen molar-refractivity contribution in [3.05, 3.63) is 71.7 Å². The van der Waals surface area contributed by atoms with Crippen LogP contribution in [0.25, 0.3) is 11.0 Å². The van der Waals surface area contributed by atoms with E-state index in [1.54, 1.807) is 18.2 Å². The summed E-state index contributed by atoms with van der Waals surface area (Å²) in [5, 5.41) is 17.7. The van der Waals surface area contributed by atoms with Crippen LogP contribution in [0.5, 0.6) is 0 Å². The van der Waals surface area contributed by atoms with E-state index in [0.717, 1.165) is 16.7 Å². The molecule has 0 saturated carbocycles. The summed E-state index contributed by atoms with van der Waals surface area (Å²) in [6, 6.07) is 15.9. The van der Waals surface area contributed by atoms with Crippen molar-refractivity contribution in [1.82, 2.24) is 10.6 Å². The third-order valence-corrected chi connectivity index (χ3v) is 4.26. The summed E-state index contributed by atoms with van der Waals surface area (Å²) in [4.78, 5) is 4.39. The van der Waals surface area contributed by atoms with Gasteiger partial charge in [-0.15, -0.1) is 24.0 Å². The Morgan fingerprint density at radius 3 is 2.61 bits per heavy atom. The topological polar surface area (TPSA) is 69.8 Å². The molecule has 7 heteroatoms.